The lowest BCUT2D eigenvalue weighted by molar-refractivity contribution is -0.220. The molecule has 0 spiro atoms. The van der Waals surface area contributed by atoms with E-state index in [1.165, 1.54) is 0 Å². The van der Waals surface area contributed by atoms with Gasteiger partial charge in [-0.1, -0.05) is 6.58 Å². The molecule has 3 rings (SSSR count). The van der Waals surface area contributed by atoms with Gasteiger partial charge in [0.25, 0.3) is 5.79 Å². The number of fused-ring (bicyclic) bond motifs is 1. The first-order valence-corrected chi connectivity index (χ1v) is 5.72. The Labute approximate surface area is 98.7 Å². The Balaban J connectivity index is 1.90. The fourth-order valence-electron chi connectivity index (χ4n) is 3.64. The second kappa shape index (κ2) is 3.32. The molecule has 1 heterocycles. The minimum absolute atomic E-state index is 0.0613. The van der Waals surface area contributed by atoms with Crippen LogP contribution in [0.5, 0.6) is 0 Å². The molecule has 2 bridgehead atoms. The van der Waals surface area contributed by atoms with Gasteiger partial charge in [0.1, 0.15) is 0 Å². The van der Waals surface area contributed by atoms with Crippen LogP contribution in [0.25, 0.3) is 0 Å². The molecular formula is C12H14O5. The lowest BCUT2D eigenvalue weighted by Crippen LogP contribution is -2.42. The quantitative estimate of drug-likeness (QED) is 0.533. The molecule has 17 heavy (non-hydrogen) atoms. The standard InChI is InChI=1S/C12H14O5/c1-3-8(13)16-12-5-6-4-7(12)9(10(6)15-2)11(14)17-12/h3,6-7,9-10H,1,4-5H2,2H3. The number of esters is 2. The van der Waals surface area contributed by atoms with Gasteiger partial charge in [-0.25, -0.2) is 4.79 Å². The third-order valence-corrected chi connectivity index (χ3v) is 4.18. The molecule has 2 saturated carbocycles. The molecular weight excluding hydrogens is 224 g/mol. The Bertz CT molecular complexity index is 404. The molecule has 0 amide bonds. The highest BCUT2D eigenvalue weighted by Crippen LogP contribution is 2.61. The van der Waals surface area contributed by atoms with E-state index >= 15 is 0 Å². The van der Waals surface area contributed by atoms with Gasteiger partial charge in [-0.05, 0) is 12.3 Å². The smallest absolute Gasteiger partial charge is 0.333 e. The Hall–Kier alpha value is -1.36. The van der Waals surface area contributed by atoms with Crippen molar-refractivity contribution >= 4 is 11.9 Å². The summed E-state index contributed by atoms with van der Waals surface area (Å²) in [6.07, 6.45) is 2.36. The van der Waals surface area contributed by atoms with Gasteiger partial charge in [-0.3, -0.25) is 4.79 Å². The first-order chi connectivity index (χ1) is 8.11. The minimum Gasteiger partial charge on any atom is -0.422 e. The lowest BCUT2D eigenvalue weighted by Gasteiger charge is -2.31. The molecule has 3 aliphatic rings. The molecule has 2 aliphatic carbocycles. The van der Waals surface area contributed by atoms with Crippen molar-refractivity contribution < 1.29 is 23.8 Å². The van der Waals surface area contributed by atoms with Crippen molar-refractivity contribution in [2.45, 2.75) is 24.7 Å². The Morgan fingerprint density at radius 1 is 1.65 bits per heavy atom. The molecule has 0 aromatic heterocycles. The average Bonchev–Trinajstić information content (AvgIpc) is 2.86. The van der Waals surface area contributed by atoms with Crippen molar-refractivity contribution in [3.05, 3.63) is 12.7 Å². The van der Waals surface area contributed by atoms with Gasteiger partial charge in [0.05, 0.1) is 17.9 Å². The Kier molecular flexibility index (Phi) is 2.10. The van der Waals surface area contributed by atoms with E-state index < -0.39 is 11.8 Å². The number of methoxy groups -OCH3 is 1. The van der Waals surface area contributed by atoms with Crippen LogP contribution < -0.4 is 0 Å². The summed E-state index contributed by atoms with van der Waals surface area (Å²) >= 11 is 0. The van der Waals surface area contributed by atoms with Crippen molar-refractivity contribution in [2.24, 2.45) is 17.8 Å². The van der Waals surface area contributed by atoms with Gasteiger partial charge < -0.3 is 14.2 Å². The third kappa shape index (κ3) is 1.23. The van der Waals surface area contributed by atoms with E-state index in [-0.39, 0.29) is 29.8 Å². The summed E-state index contributed by atoms with van der Waals surface area (Å²) in [7, 11) is 1.61. The van der Waals surface area contributed by atoms with Crippen molar-refractivity contribution in [1.29, 1.82) is 0 Å². The molecule has 5 heteroatoms. The van der Waals surface area contributed by atoms with Crippen LogP contribution in [0.2, 0.25) is 0 Å². The molecule has 5 nitrogen and oxygen atoms in total. The molecule has 1 aliphatic heterocycles. The Morgan fingerprint density at radius 2 is 2.41 bits per heavy atom. The van der Waals surface area contributed by atoms with Crippen molar-refractivity contribution in [3.63, 3.8) is 0 Å². The molecule has 0 aromatic carbocycles. The lowest BCUT2D eigenvalue weighted by atomic mass is 9.85. The van der Waals surface area contributed by atoms with Crippen LogP contribution >= 0.6 is 0 Å². The molecule has 0 N–H and O–H groups in total. The summed E-state index contributed by atoms with van der Waals surface area (Å²) in [6.45, 7) is 3.35. The molecule has 3 fully saturated rings. The number of hydrogen-bond donors (Lipinski definition) is 0. The van der Waals surface area contributed by atoms with Gasteiger partial charge >= 0.3 is 11.9 Å². The summed E-state index contributed by atoms with van der Waals surface area (Å²) in [6, 6.07) is 0. The van der Waals surface area contributed by atoms with Crippen LogP contribution in [0.1, 0.15) is 12.8 Å². The zero-order valence-corrected chi connectivity index (χ0v) is 9.55. The SMILES string of the molecule is C=CC(=O)OC12CC3CC1C(C(=O)O2)C3OC. The third-order valence-electron chi connectivity index (χ3n) is 4.18. The molecule has 0 aromatic rings. The summed E-state index contributed by atoms with van der Waals surface area (Å²) in [5.41, 5.74) is 0. The second-order valence-electron chi connectivity index (χ2n) is 4.89. The minimum atomic E-state index is -1.05. The fraction of sp³-hybridized carbons (Fsp3) is 0.667. The largest absolute Gasteiger partial charge is 0.422 e. The molecule has 1 saturated heterocycles. The highest BCUT2D eigenvalue weighted by atomic mass is 16.7. The molecule has 5 unspecified atom stereocenters. The van der Waals surface area contributed by atoms with E-state index in [0.717, 1.165) is 12.5 Å². The number of ether oxygens (including phenoxy) is 3. The summed E-state index contributed by atoms with van der Waals surface area (Å²) < 4.78 is 16.0. The van der Waals surface area contributed by atoms with Gasteiger partial charge in [-0.2, -0.15) is 0 Å². The molecule has 92 valence electrons. The normalized spacial score (nSPS) is 45.8. The molecule has 0 radical (unpaired) electrons. The molecule has 5 atom stereocenters. The van der Waals surface area contributed by atoms with E-state index in [1.54, 1.807) is 7.11 Å². The number of rotatable bonds is 3. The highest BCUT2D eigenvalue weighted by Gasteiger charge is 2.72. The topological polar surface area (TPSA) is 61.8 Å². The number of hydrogen-bond acceptors (Lipinski definition) is 5. The predicted molar refractivity (Wildman–Crippen MR) is 55.6 cm³/mol. The summed E-state index contributed by atoms with van der Waals surface area (Å²) in [4.78, 5) is 23.1. The maximum absolute atomic E-state index is 11.8. The average molecular weight is 238 g/mol. The maximum Gasteiger partial charge on any atom is 0.333 e. The van der Waals surface area contributed by atoms with Crippen LogP contribution in [-0.4, -0.2) is 30.9 Å². The predicted octanol–water partition coefficient (Wildman–Crippen LogP) is 0.640. The fourth-order valence-corrected chi connectivity index (χ4v) is 3.64. The van der Waals surface area contributed by atoms with E-state index in [2.05, 4.69) is 6.58 Å². The number of carbonyl (C=O) groups is 2. The van der Waals surface area contributed by atoms with Gasteiger partial charge in [0.2, 0.25) is 0 Å². The van der Waals surface area contributed by atoms with E-state index in [0.29, 0.717) is 6.42 Å². The van der Waals surface area contributed by atoms with E-state index in [9.17, 15) is 9.59 Å². The van der Waals surface area contributed by atoms with Crippen LogP contribution in [0.15, 0.2) is 12.7 Å². The van der Waals surface area contributed by atoms with Gasteiger partial charge in [-0.15, -0.1) is 0 Å². The zero-order valence-electron chi connectivity index (χ0n) is 9.55. The van der Waals surface area contributed by atoms with E-state index in [1.807, 2.05) is 0 Å². The zero-order chi connectivity index (χ0) is 12.2. The monoisotopic (exact) mass is 238 g/mol. The van der Waals surface area contributed by atoms with Crippen LogP contribution in [0.3, 0.4) is 0 Å². The summed E-state index contributed by atoms with van der Waals surface area (Å²) in [5.74, 6) is -2.00. The van der Waals surface area contributed by atoms with Gasteiger partial charge in [0, 0.05) is 19.6 Å². The van der Waals surface area contributed by atoms with Crippen molar-refractivity contribution in [1.82, 2.24) is 0 Å². The van der Waals surface area contributed by atoms with Crippen LogP contribution in [0.4, 0.5) is 0 Å². The first-order valence-electron chi connectivity index (χ1n) is 5.72. The summed E-state index contributed by atoms with van der Waals surface area (Å²) in [5, 5.41) is 0. The maximum atomic E-state index is 11.8. The highest BCUT2D eigenvalue weighted by molar-refractivity contribution is 5.83. The Morgan fingerprint density at radius 3 is 3.06 bits per heavy atom. The number of carbonyl (C=O) groups excluding carboxylic acids is 2. The van der Waals surface area contributed by atoms with Crippen LogP contribution in [0, 0.1) is 17.8 Å². The van der Waals surface area contributed by atoms with Crippen LogP contribution in [-0.2, 0) is 23.8 Å². The van der Waals surface area contributed by atoms with Crippen molar-refractivity contribution in [2.75, 3.05) is 7.11 Å². The van der Waals surface area contributed by atoms with E-state index in [4.69, 9.17) is 14.2 Å². The van der Waals surface area contributed by atoms with Crippen molar-refractivity contribution in [3.8, 4) is 0 Å². The second-order valence-corrected chi connectivity index (χ2v) is 4.89. The van der Waals surface area contributed by atoms with Gasteiger partial charge in [0.15, 0.2) is 0 Å². The first kappa shape index (κ1) is 10.8.